The Hall–Kier alpha value is -1.50. The van der Waals surface area contributed by atoms with Crippen molar-refractivity contribution < 1.29 is 4.74 Å². The van der Waals surface area contributed by atoms with Gasteiger partial charge in [0.1, 0.15) is 5.75 Å². The molecule has 0 aliphatic rings. The molecular formula is C11H8O. The molecule has 2 radical (unpaired) electrons. The largest absolute Gasteiger partial charge is 0.496 e. The van der Waals surface area contributed by atoms with E-state index in [1.54, 1.807) is 7.11 Å². The van der Waals surface area contributed by atoms with Crippen LogP contribution in [0.1, 0.15) is 0 Å². The van der Waals surface area contributed by atoms with E-state index in [9.17, 15) is 0 Å². The van der Waals surface area contributed by atoms with Crippen molar-refractivity contribution in [2.75, 3.05) is 7.11 Å². The Morgan fingerprint density at radius 1 is 1.25 bits per heavy atom. The van der Waals surface area contributed by atoms with Crippen molar-refractivity contribution in [3.63, 3.8) is 0 Å². The van der Waals surface area contributed by atoms with Gasteiger partial charge in [0.05, 0.1) is 7.11 Å². The van der Waals surface area contributed by atoms with Crippen LogP contribution in [0.3, 0.4) is 0 Å². The molecule has 1 nitrogen and oxygen atoms in total. The van der Waals surface area contributed by atoms with Gasteiger partial charge in [-0.3, -0.25) is 0 Å². The number of hydrogen-bond acceptors (Lipinski definition) is 1. The minimum atomic E-state index is 0.772. The summed E-state index contributed by atoms with van der Waals surface area (Å²) in [5.41, 5.74) is 0. The second-order valence-electron chi connectivity index (χ2n) is 2.54. The molecule has 0 aliphatic heterocycles. The third-order valence-electron chi connectivity index (χ3n) is 1.79. The highest BCUT2D eigenvalue weighted by molar-refractivity contribution is 5.82. The highest BCUT2D eigenvalue weighted by Crippen LogP contribution is 2.18. The minimum absolute atomic E-state index is 0.772. The van der Waals surface area contributed by atoms with Gasteiger partial charge in [0.25, 0.3) is 0 Å². The normalized spacial score (nSPS) is 10.1. The molecule has 0 amide bonds. The molecule has 0 bridgehead atoms. The zero-order valence-electron chi connectivity index (χ0n) is 6.79. The monoisotopic (exact) mass is 156 g/mol. The van der Waals surface area contributed by atoms with Crippen LogP contribution in [0, 0.1) is 12.1 Å². The second kappa shape index (κ2) is 2.86. The van der Waals surface area contributed by atoms with Crippen molar-refractivity contribution in [3.05, 3.63) is 42.5 Å². The molecule has 0 heterocycles. The topological polar surface area (TPSA) is 9.23 Å². The maximum absolute atomic E-state index is 5.06. The summed E-state index contributed by atoms with van der Waals surface area (Å²) in [5.74, 6) is 0.772. The lowest BCUT2D eigenvalue weighted by molar-refractivity contribution is 0.414. The molecule has 0 fully saturated rings. The lowest BCUT2D eigenvalue weighted by Crippen LogP contribution is -1.82. The smallest absolute Gasteiger partial charge is 0.127 e. The van der Waals surface area contributed by atoms with E-state index in [1.807, 2.05) is 30.3 Å². The van der Waals surface area contributed by atoms with Crippen LogP contribution in [0.4, 0.5) is 0 Å². The summed E-state index contributed by atoms with van der Waals surface area (Å²) in [6.07, 6.45) is 0. The van der Waals surface area contributed by atoms with E-state index in [0.29, 0.717) is 0 Å². The molecule has 0 spiro atoms. The summed E-state index contributed by atoms with van der Waals surface area (Å²) in [4.78, 5) is 0. The average molecular weight is 156 g/mol. The van der Waals surface area contributed by atoms with Gasteiger partial charge < -0.3 is 4.74 Å². The van der Waals surface area contributed by atoms with Gasteiger partial charge in [0, 0.05) is 6.07 Å². The summed E-state index contributed by atoms with van der Waals surface area (Å²) in [5, 5.41) is 2.20. The molecule has 0 aliphatic carbocycles. The van der Waals surface area contributed by atoms with Crippen molar-refractivity contribution in [1.82, 2.24) is 0 Å². The van der Waals surface area contributed by atoms with Gasteiger partial charge in [-0.05, 0) is 29.0 Å². The molecule has 2 aromatic carbocycles. The summed E-state index contributed by atoms with van der Waals surface area (Å²) in [6.45, 7) is 0. The zero-order chi connectivity index (χ0) is 8.39. The average Bonchev–Trinajstić information content (AvgIpc) is 2.17. The SMILES string of the molecule is COc1[c]c2cc[c]cc2cc1. The van der Waals surface area contributed by atoms with Gasteiger partial charge >= 0.3 is 0 Å². The van der Waals surface area contributed by atoms with Gasteiger partial charge in [0.15, 0.2) is 0 Å². The summed E-state index contributed by atoms with van der Waals surface area (Å²) in [6, 6.07) is 15.8. The van der Waals surface area contributed by atoms with Gasteiger partial charge in [-0.1, -0.05) is 18.2 Å². The fourth-order valence-electron chi connectivity index (χ4n) is 1.15. The van der Waals surface area contributed by atoms with Crippen molar-refractivity contribution in [3.8, 4) is 5.75 Å². The second-order valence-corrected chi connectivity index (χ2v) is 2.54. The molecule has 0 saturated heterocycles. The van der Waals surface area contributed by atoms with Crippen molar-refractivity contribution in [1.29, 1.82) is 0 Å². The van der Waals surface area contributed by atoms with Crippen LogP contribution >= 0.6 is 0 Å². The van der Waals surface area contributed by atoms with Crippen molar-refractivity contribution in [2.45, 2.75) is 0 Å². The van der Waals surface area contributed by atoms with E-state index in [4.69, 9.17) is 4.74 Å². The van der Waals surface area contributed by atoms with Gasteiger partial charge in [-0.25, -0.2) is 0 Å². The van der Waals surface area contributed by atoms with E-state index in [2.05, 4.69) is 12.1 Å². The first-order chi connectivity index (χ1) is 5.90. The predicted molar refractivity (Wildman–Crippen MR) is 48.2 cm³/mol. The first-order valence-corrected chi connectivity index (χ1v) is 3.76. The Bertz CT molecular complexity index is 393. The Morgan fingerprint density at radius 3 is 3.00 bits per heavy atom. The first kappa shape index (κ1) is 7.17. The molecule has 12 heavy (non-hydrogen) atoms. The number of ether oxygens (including phenoxy) is 1. The predicted octanol–water partition coefficient (Wildman–Crippen LogP) is 2.45. The van der Waals surface area contributed by atoms with E-state index < -0.39 is 0 Å². The Balaban J connectivity index is 2.67. The third kappa shape index (κ3) is 1.14. The van der Waals surface area contributed by atoms with E-state index in [0.717, 1.165) is 16.5 Å². The third-order valence-corrected chi connectivity index (χ3v) is 1.79. The molecule has 0 saturated carbocycles. The van der Waals surface area contributed by atoms with Gasteiger partial charge in [0.2, 0.25) is 0 Å². The maximum atomic E-state index is 5.06. The van der Waals surface area contributed by atoms with Crippen LogP contribution in [0.2, 0.25) is 0 Å². The Labute approximate surface area is 71.6 Å². The van der Waals surface area contributed by atoms with E-state index >= 15 is 0 Å². The van der Waals surface area contributed by atoms with E-state index in [-0.39, 0.29) is 0 Å². The van der Waals surface area contributed by atoms with Crippen LogP contribution in [0.5, 0.6) is 5.75 Å². The summed E-state index contributed by atoms with van der Waals surface area (Å²) in [7, 11) is 1.65. The van der Waals surface area contributed by atoms with Crippen LogP contribution in [0.25, 0.3) is 10.8 Å². The zero-order valence-corrected chi connectivity index (χ0v) is 6.79. The summed E-state index contributed by atoms with van der Waals surface area (Å²) < 4.78 is 5.06. The van der Waals surface area contributed by atoms with Crippen molar-refractivity contribution in [2.24, 2.45) is 0 Å². The number of hydrogen-bond donors (Lipinski definition) is 0. The van der Waals surface area contributed by atoms with Crippen LogP contribution in [-0.2, 0) is 0 Å². The van der Waals surface area contributed by atoms with E-state index in [1.165, 1.54) is 0 Å². The highest BCUT2D eigenvalue weighted by atomic mass is 16.5. The molecule has 0 aromatic heterocycles. The quantitative estimate of drug-likeness (QED) is 0.616. The van der Waals surface area contributed by atoms with Crippen LogP contribution in [0.15, 0.2) is 30.3 Å². The minimum Gasteiger partial charge on any atom is -0.496 e. The number of methoxy groups -OCH3 is 1. The number of fused-ring (bicyclic) bond motifs is 1. The molecule has 2 aromatic rings. The first-order valence-electron chi connectivity index (χ1n) is 3.76. The molecular weight excluding hydrogens is 148 g/mol. The molecule has 1 heteroatoms. The number of rotatable bonds is 1. The Kier molecular flexibility index (Phi) is 1.71. The molecule has 58 valence electrons. The fraction of sp³-hybridized carbons (Fsp3) is 0.0909. The van der Waals surface area contributed by atoms with Crippen molar-refractivity contribution >= 4 is 10.8 Å². The fourth-order valence-corrected chi connectivity index (χ4v) is 1.15. The summed E-state index contributed by atoms with van der Waals surface area (Å²) >= 11 is 0. The van der Waals surface area contributed by atoms with Gasteiger partial charge in [-0.2, -0.15) is 0 Å². The highest BCUT2D eigenvalue weighted by Gasteiger charge is 1.94. The van der Waals surface area contributed by atoms with Crippen LogP contribution < -0.4 is 4.74 Å². The number of benzene rings is 2. The lowest BCUT2D eigenvalue weighted by Gasteiger charge is -2.00. The lowest BCUT2D eigenvalue weighted by atomic mass is 10.1. The van der Waals surface area contributed by atoms with Crippen LogP contribution in [-0.4, -0.2) is 7.11 Å². The standard InChI is InChI=1S/C11H8O/c1-12-11-7-6-9-4-2-3-5-10(9)8-11/h3-7H,1H3. The molecule has 2 rings (SSSR count). The van der Waals surface area contributed by atoms with Gasteiger partial charge in [-0.15, -0.1) is 0 Å². The molecule has 0 N–H and O–H groups in total. The molecule has 0 unspecified atom stereocenters. The molecule has 0 atom stereocenters. The Morgan fingerprint density at radius 2 is 2.17 bits per heavy atom. The maximum Gasteiger partial charge on any atom is 0.127 e.